The SMILES string of the molecule is COC(=O)C(CC(C)C)NC(=O)c1ccc(S(=O)(=O)N2CCCc3ccccc32)cc1. The van der Waals surface area contributed by atoms with Crippen molar-refractivity contribution in [3.8, 4) is 0 Å². The highest BCUT2D eigenvalue weighted by atomic mass is 32.2. The first-order valence-corrected chi connectivity index (χ1v) is 11.8. The van der Waals surface area contributed by atoms with E-state index in [1.54, 1.807) is 0 Å². The second-order valence-electron chi connectivity index (χ2n) is 8.01. The van der Waals surface area contributed by atoms with Gasteiger partial charge in [-0.15, -0.1) is 0 Å². The summed E-state index contributed by atoms with van der Waals surface area (Å²) in [5.74, 6) is -0.780. The van der Waals surface area contributed by atoms with Crippen molar-refractivity contribution in [2.45, 2.75) is 44.0 Å². The van der Waals surface area contributed by atoms with Gasteiger partial charge in [0.25, 0.3) is 15.9 Å². The molecule has 3 rings (SSSR count). The van der Waals surface area contributed by atoms with Gasteiger partial charge in [-0.05, 0) is 61.1 Å². The number of hydrogen-bond donors (Lipinski definition) is 1. The van der Waals surface area contributed by atoms with Gasteiger partial charge in [0.2, 0.25) is 0 Å². The molecule has 2 aromatic carbocycles. The zero-order chi connectivity index (χ0) is 22.6. The number of fused-ring (bicyclic) bond motifs is 1. The van der Waals surface area contributed by atoms with Gasteiger partial charge in [-0.1, -0.05) is 32.0 Å². The van der Waals surface area contributed by atoms with Crippen molar-refractivity contribution < 1.29 is 22.7 Å². The molecule has 1 amide bonds. The first-order valence-electron chi connectivity index (χ1n) is 10.3. The number of aryl methyl sites for hydroxylation is 1. The molecule has 0 saturated carbocycles. The molecule has 1 N–H and O–H groups in total. The normalized spacial score (nSPS) is 14.6. The number of rotatable bonds is 7. The van der Waals surface area contributed by atoms with Crippen molar-refractivity contribution in [2.75, 3.05) is 18.0 Å². The number of carbonyl (C=O) groups excluding carboxylic acids is 2. The third kappa shape index (κ3) is 5.07. The lowest BCUT2D eigenvalue weighted by atomic mass is 10.0. The van der Waals surface area contributed by atoms with Crippen molar-refractivity contribution >= 4 is 27.6 Å². The molecule has 1 atom stereocenters. The summed E-state index contributed by atoms with van der Waals surface area (Å²) in [5, 5.41) is 2.68. The molecule has 166 valence electrons. The van der Waals surface area contributed by atoms with Crippen LogP contribution < -0.4 is 9.62 Å². The van der Waals surface area contributed by atoms with Gasteiger partial charge in [-0.3, -0.25) is 9.10 Å². The van der Waals surface area contributed by atoms with Crippen LogP contribution in [-0.2, 0) is 26.0 Å². The summed E-state index contributed by atoms with van der Waals surface area (Å²) in [4.78, 5) is 24.7. The highest BCUT2D eigenvalue weighted by Gasteiger charge is 2.29. The summed E-state index contributed by atoms with van der Waals surface area (Å²) < 4.78 is 32.6. The summed E-state index contributed by atoms with van der Waals surface area (Å²) in [7, 11) is -2.47. The number of esters is 1. The Hall–Kier alpha value is -2.87. The van der Waals surface area contributed by atoms with E-state index in [2.05, 4.69) is 5.32 Å². The number of sulfonamides is 1. The molecule has 0 radical (unpaired) electrons. The Morgan fingerprint density at radius 2 is 1.77 bits per heavy atom. The predicted octanol–water partition coefficient (Wildman–Crippen LogP) is 3.15. The van der Waals surface area contributed by atoms with Crippen molar-refractivity contribution in [3.63, 3.8) is 0 Å². The van der Waals surface area contributed by atoms with E-state index in [4.69, 9.17) is 4.74 Å². The Morgan fingerprint density at radius 3 is 2.42 bits per heavy atom. The van der Waals surface area contributed by atoms with E-state index in [-0.39, 0.29) is 16.4 Å². The average molecular weight is 445 g/mol. The van der Waals surface area contributed by atoms with Crippen molar-refractivity contribution in [1.29, 1.82) is 0 Å². The summed E-state index contributed by atoms with van der Waals surface area (Å²) in [6.45, 7) is 4.30. The van der Waals surface area contributed by atoms with Gasteiger partial charge < -0.3 is 10.1 Å². The monoisotopic (exact) mass is 444 g/mol. The maximum atomic E-state index is 13.2. The Kier molecular flexibility index (Phi) is 7.00. The van der Waals surface area contributed by atoms with Crippen LogP contribution in [0.2, 0.25) is 0 Å². The molecule has 0 saturated heterocycles. The minimum Gasteiger partial charge on any atom is -0.467 e. The third-order valence-corrected chi connectivity index (χ3v) is 7.10. The highest BCUT2D eigenvalue weighted by molar-refractivity contribution is 7.92. The molecule has 31 heavy (non-hydrogen) atoms. The fourth-order valence-electron chi connectivity index (χ4n) is 3.72. The maximum Gasteiger partial charge on any atom is 0.328 e. The Labute approximate surface area is 183 Å². The molecule has 1 heterocycles. The maximum absolute atomic E-state index is 13.2. The minimum absolute atomic E-state index is 0.118. The molecular weight excluding hydrogens is 416 g/mol. The number of methoxy groups -OCH3 is 1. The summed E-state index contributed by atoms with van der Waals surface area (Å²) in [6, 6.07) is 12.5. The van der Waals surface area contributed by atoms with E-state index < -0.39 is 27.9 Å². The first kappa shape index (κ1) is 22.8. The van der Waals surface area contributed by atoms with Crippen molar-refractivity contribution in [3.05, 3.63) is 59.7 Å². The number of hydrogen-bond acceptors (Lipinski definition) is 5. The van der Waals surface area contributed by atoms with Crippen LogP contribution in [0.4, 0.5) is 5.69 Å². The van der Waals surface area contributed by atoms with Crippen LogP contribution in [0.15, 0.2) is 53.4 Å². The van der Waals surface area contributed by atoms with E-state index >= 15 is 0 Å². The first-order chi connectivity index (χ1) is 14.7. The lowest BCUT2D eigenvalue weighted by Crippen LogP contribution is -2.42. The number of carbonyl (C=O) groups is 2. The smallest absolute Gasteiger partial charge is 0.328 e. The molecule has 2 aromatic rings. The van der Waals surface area contributed by atoms with E-state index in [1.807, 2.05) is 38.1 Å². The average Bonchev–Trinajstić information content (AvgIpc) is 2.77. The van der Waals surface area contributed by atoms with Gasteiger partial charge in [0, 0.05) is 12.1 Å². The van der Waals surface area contributed by atoms with Gasteiger partial charge in [0.15, 0.2) is 0 Å². The number of ether oxygens (including phenoxy) is 1. The lowest BCUT2D eigenvalue weighted by molar-refractivity contribution is -0.143. The molecule has 1 aliphatic heterocycles. The Bertz CT molecular complexity index is 1050. The van der Waals surface area contributed by atoms with Gasteiger partial charge in [0.1, 0.15) is 6.04 Å². The van der Waals surface area contributed by atoms with Gasteiger partial charge in [-0.25, -0.2) is 13.2 Å². The van der Waals surface area contributed by atoms with Crippen molar-refractivity contribution in [2.24, 2.45) is 5.92 Å². The van der Waals surface area contributed by atoms with Crippen LogP contribution >= 0.6 is 0 Å². The topological polar surface area (TPSA) is 92.8 Å². The van der Waals surface area contributed by atoms with E-state index in [9.17, 15) is 18.0 Å². The second kappa shape index (κ2) is 9.51. The Morgan fingerprint density at radius 1 is 1.10 bits per heavy atom. The van der Waals surface area contributed by atoms with Gasteiger partial charge in [-0.2, -0.15) is 0 Å². The zero-order valence-electron chi connectivity index (χ0n) is 18.0. The van der Waals surface area contributed by atoms with Gasteiger partial charge in [0.05, 0.1) is 17.7 Å². The van der Waals surface area contributed by atoms with Crippen LogP contribution in [0.1, 0.15) is 42.6 Å². The van der Waals surface area contributed by atoms with Crippen molar-refractivity contribution in [1.82, 2.24) is 5.32 Å². The third-order valence-electron chi connectivity index (χ3n) is 5.27. The van der Waals surface area contributed by atoms with Crippen LogP contribution in [0.25, 0.3) is 0 Å². The molecule has 1 aliphatic rings. The summed E-state index contributed by atoms with van der Waals surface area (Å²) in [6.07, 6.45) is 2.04. The van der Waals surface area contributed by atoms with Crippen LogP contribution in [0, 0.1) is 5.92 Å². The number of nitrogens with one attached hydrogen (secondary N) is 1. The Balaban J connectivity index is 1.79. The summed E-state index contributed by atoms with van der Waals surface area (Å²) in [5.41, 5.74) is 1.98. The predicted molar refractivity (Wildman–Crippen MR) is 118 cm³/mol. The van der Waals surface area contributed by atoms with Crippen LogP contribution in [0.3, 0.4) is 0 Å². The quantitative estimate of drug-likeness (QED) is 0.663. The number of amides is 1. The minimum atomic E-state index is -3.75. The van der Waals surface area contributed by atoms with E-state index in [0.29, 0.717) is 18.7 Å². The standard InChI is InChI=1S/C23H28N2O5S/c1-16(2)15-20(23(27)30-3)24-22(26)18-10-12-19(13-11-18)31(28,29)25-14-6-8-17-7-4-5-9-21(17)25/h4-5,7,9-13,16,20H,6,8,14-15H2,1-3H3,(H,24,26). The lowest BCUT2D eigenvalue weighted by Gasteiger charge is -2.30. The molecule has 1 unspecified atom stereocenters. The second-order valence-corrected chi connectivity index (χ2v) is 9.87. The summed E-state index contributed by atoms with van der Waals surface area (Å²) >= 11 is 0. The molecule has 0 aromatic heterocycles. The van der Waals surface area contributed by atoms with E-state index in [1.165, 1.54) is 35.7 Å². The fourth-order valence-corrected chi connectivity index (χ4v) is 5.26. The molecular formula is C23H28N2O5S. The number of anilines is 1. The van der Waals surface area contributed by atoms with Crippen LogP contribution in [-0.4, -0.2) is 40.0 Å². The fraction of sp³-hybridized carbons (Fsp3) is 0.391. The highest BCUT2D eigenvalue weighted by Crippen LogP contribution is 2.31. The molecule has 0 fully saturated rings. The molecule has 0 spiro atoms. The number of benzene rings is 2. The van der Waals surface area contributed by atoms with Crippen LogP contribution in [0.5, 0.6) is 0 Å². The van der Waals surface area contributed by atoms with E-state index in [0.717, 1.165) is 18.4 Å². The number of para-hydroxylation sites is 1. The number of nitrogens with zero attached hydrogens (tertiary/aromatic N) is 1. The van der Waals surface area contributed by atoms with Gasteiger partial charge >= 0.3 is 5.97 Å². The molecule has 0 bridgehead atoms. The molecule has 8 heteroatoms. The molecule has 7 nitrogen and oxygen atoms in total. The molecule has 0 aliphatic carbocycles. The zero-order valence-corrected chi connectivity index (χ0v) is 18.8. The largest absolute Gasteiger partial charge is 0.467 e.